The van der Waals surface area contributed by atoms with Crippen LogP contribution in [0.4, 0.5) is 5.69 Å². The van der Waals surface area contributed by atoms with E-state index in [0.29, 0.717) is 39.3 Å². The van der Waals surface area contributed by atoms with E-state index in [1.807, 2.05) is 6.92 Å². The summed E-state index contributed by atoms with van der Waals surface area (Å²) in [7, 11) is 0. The third-order valence-electron chi connectivity index (χ3n) is 4.90. The molecule has 0 aliphatic heterocycles. The Kier molecular flexibility index (Phi) is 5.71. The number of halogens is 2. The highest BCUT2D eigenvalue weighted by Crippen LogP contribution is 2.30. The van der Waals surface area contributed by atoms with Crippen LogP contribution in [-0.2, 0) is 6.54 Å². The first kappa shape index (κ1) is 21.0. The van der Waals surface area contributed by atoms with Crippen molar-refractivity contribution in [3.63, 3.8) is 0 Å². The maximum Gasteiger partial charge on any atom is 0.277 e. The number of phenols is 1. The number of para-hydroxylation sites is 1. The molecule has 158 valence electrons. The molecule has 0 bridgehead atoms. The van der Waals surface area contributed by atoms with Gasteiger partial charge in [-0.3, -0.25) is 9.48 Å². The Bertz CT molecular complexity index is 1260. The molecule has 1 amide bonds. The Morgan fingerprint density at radius 2 is 1.84 bits per heavy atom. The maximum absolute atomic E-state index is 12.7. The second-order valence-corrected chi connectivity index (χ2v) is 7.77. The lowest BCUT2D eigenvalue weighted by Crippen LogP contribution is -2.13. The number of aromatic hydroxyl groups is 1. The van der Waals surface area contributed by atoms with Crippen molar-refractivity contribution in [2.75, 3.05) is 5.32 Å². The number of benzene rings is 2. The van der Waals surface area contributed by atoms with Crippen molar-refractivity contribution in [2.24, 2.45) is 0 Å². The molecule has 0 aliphatic carbocycles. The van der Waals surface area contributed by atoms with Crippen LogP contribution >= 0.6 is 23.2 Å². The van der Waals surface area contributed by atoms with E-state index in [-0.39, 0.29) is 11.4 Å². The fraction of sp³-hybridized carbons (Fsp3) is 0.136. The molecule has 0 spiro atoms. The van der Waals surface area contributed by atoms with Gasteiger partial charge in [-0.15, -0.1) is 0 Å². The minimum absolute atomic E-state index is 0.0387. The quantitative estimate of drug-likeness (QED) is 0.415. The van der Waals surface area contributed by atoms with E-state index in [4.69, 9.17) is 27.7 Å². The van der Waals surface area contributed by atoms with Gasteiger partial charge in [0, 0.05) is 21.7 Å². The number of anilines is 1. The zero-order valence-electron chi connectivity index (χ0n) is 16.7. The van der Waals surface area contributed by atoms with Crippen LogP contribution in [0.25, 0.3) is 11.3 Å². The molecule has 4 rings (SSSR count). The van der Waals surface area contributed by atoms with Gasteiger partial charge in [0.2, 0.25) is 0 Å². The van der Waals surface area contributed by atoms with Gasteiger partial charge in [0.15, 0.2) is 11.5 Å². The molecule has 0 fully saturated rings. The van der Waals surface area contributed by atoms with Crippen molar-refractivity contribution < 1.29 is 14.4 Å². The molecule has 0 saturated carbocycles. The molecule has 0 aliphatic rings. The molecule has 0 radical (unpaired) electrons. The van der Waals surface area contributed by atoms with Gasteiger partial charge in [-0.25, -0.2) is 0 Å². The predicted octanol–water partition coefficient (Wildman–Crippen LogP) is 5.47. The molecule has 2 heterocycles. The summed E-state index contributed by atoms with van der Waals surface area (Å²) >= 11 is 12.5. The van der Waals surface area contributed by atoms with Crippen molar-refractivity contribution in [1.29, 1.82) is 0 Å². The monoisotopic (exact) mass is 456 g/mol. The number of hydrogen-bond donors (Lipinski definition) is 2. The van der Waals surface area contributed by atoms with Crippen molar-refractivity contribution in [3.05, 3.63) is 81.2 Å². The minimum atomic E-state index is -0.452. The molecule has 2 aromatic carbocycles. The van der Waals surface area contributed by atoms with Crippen LogP contribution in [0, 0.1) is 13.8 Å². The van der Waals surface area contributed by atoms with Crippen LogP contribution in [-0.4, -0.2) is 26.0 Å². The van der Waals surface area contributed by atoms with Gasteiger partial charge >= 0.3 is 0 Å². The molecule has 4 aromatic rings. The number of nitrogens with zero attached hydrogens (tertiary/aromatic N) is 3. The number of nitrogens with one attached hydrogen (secondary N) is 1. The normalized spacial score (nSPS) is 11.0. The summed E-state index contributed by atoms with van der Waals surface area (Å²) in [5.74, 6) is -0.121. The van der Waals surface area contributed by atoms with Crippen LogP contribution in [0.2, 0.25) is 10.0 Å². The highest BCUT2D eigenvalue weighted by Gasteiger charge is 2.20. The Morgan fingerprint density at radius 1 is 1.13 bits per heavy atom. The largest absolute Gasteiger partial charge is 0.507 e. The number of rotatable bonds is 5. The van der Waals surface area contributed by atoms with Crippen LogP contribution < -0.4 is 5.32 Å². The van der Waals surface area contributed by atoms with Crippen LogP contribution in [0.15, 0.2) is 53.1 Å². The summed E-state index contributed by atoms with van der Waals surface area (Å²) in [6.45, 7) is 4.00. The van der Waals surface area contributed by atoms with Gasteiger partial charge in [-0.1, -0.05) is 46.6 Å². The maximum atomic E-state index is 12.7. The van der Waals surface area contributed by atoms with Gasteiger partial charge in [0.05, 0.1) is 29.2 Å². The van der Waals surface area contributed by atoms with Gasteiger partial charge in [-0.05, 0) is 38.1 Å². The molecule has 0 unspecified atom stereocenters. The molecule has 0 atom stereocenters. The summed E-state index contributed by atoms with van der Waals surface area (Å²) in [4.78, 5) is 12.7. The average molecular weight is 457 g/mol. The van der Waals surface area contributed by atoms with Gasteiger partial charge < -0.3 is 14.9 Å². The Morgan fingerprint density at radius 3 is 2.55 bits per heavy atom. The molecule has 0 saturated heterocycles. The standard InChI is InChI=1S/C22H18Cl2N4O3/c1-12-21(13(2)28(26-12)11-15-16(23)7-5-8-17(15)24)25-22(30)18-10-20(31-27-18)14-6-3-4-9-19(14)29/h3-10,29H,11H2,1-2H3,(H,25,30). The van der Waals surface area contributed by atoms with E-state index in [2.05, 4.69) is 15.6 Å². The molecule has 31 heavy (non-hydrogen) atoms. The molecular weight excluding hydrogens is 439 g/mol. The van der Waals surface area contributed by atoms with Crippen molar-refractivity contribution in [3.8, 4) is 17.1 Å². The van der Waals surface area contributed by atoms with Gasteiger partial charge in [0.25, 0.3) is 5.91 Å². The number of phenolic OH excluding ortho intramolecular Hbond substituents is 1. The first-order chi connectivity index (χ1) is 14.8. The highest BCUT2D eigenvalue weighted by atomic mass is 35.5. The number of aryl methyl sites for hydroxylation is 1. The second kappa shape index (κ2) is 8.45. The Labute approximate surface area is 188 Å². The van der Waals surface area contributed by atoms with Crippen LogP contribution in [0.3, 0.4) is 0 Å². The number of aromatic nitrogens is 3. The fourth-order valence-corrected chi connectivity index (χ4v) is 3.75. The van der Waals surface area contributed by atoms with Gasteiger partial charge in [0.1, 0.15) is 5.75 Å². The topological polar surface area (TPSA) is 93.2 Å². The minimum Gasteiger partial charge on any atom is -0.507 e. The number of amides is 1. The second-order valence-electron chi connectivity index (χ2n) is 6.95. The summed E-state index contributed by atoms with van der Waals surface area (Å²) in [5.41, 5.74) is 3.23. The van der Waals surface area contributed by atoms with Crippen LogP contribution in [0.5, 0.6) is 5.75 Å². The molecule has 2 aromatic heterocycles. The van der Waals surface area contributed by atoms with Gasteiger partial charge in [-0.2, -0.15) is 5.10 Å². The van der Waals surface area contributed by atoms with Crippen LogP contribution in [0.1, 0.15) is 27.4 Å². The lowest BCUT2D eigenvalue weighted by molar-refractivity contribution is 0.101. The van der Waals surface area contributed by atoms with Crippen molar-refractivity contribution in [1.82, 2.24) is 14.9 Å². The number of carbonyl (C=O) groups is 1. The smallest absolute Gasteiger partial charge is 0.277 e. The predicted molar refractivity (Wildman–Crippen MR) is 119 cm³/mol. The van der Waals surface area contributed by atoms with E-state index in [1.165, 1.54) is 12.1 Å². The van der Waals surface area contributed by atoms with E-state index in [1.54, 1.807) is 48.0 Å². The summed E-state index contributed by atoms with van der Waals surface area (Å²) in [6.07, 6.45) is 0. The SMILES string of the molecule is Cc1nn(Cc2c(Cl)cccc2Cl)c(C)c1NC(=O)c1cc(-c2ccccc2O)on1. The third kappa shape index (κ3) is 4.15. The summed E-state index contributed by atoms with van der Waals surface area (Å²) < 4.78 is 6.97. The molecule has 9 heteroatoms. The number of carbonyl (C=O) groups excluding carboxylic acids is 1. The highest BCUT2D eigenvalue weighted by molar-refractivity contribution is 6.36. The molecular formula is C22H18Cl2N4O3. The summed E-state index contributed by atoms with van der Waals surface area (Å²) in [5, 5.41) is 22.2. The van der Waals surface area contributed by atoms with Crippen molar-refractivity contribution >= 4 is 34.8 Å². The first-order valence-electron chi connectivity index (χ1n) is 9.38. The van der Waals surface area contributed by atoms with E-state index in [9.17, 15) is 9.90 Å². The lowest BCUT2D eigenvalue weighted by atomic mass is 10.1. The average Bonchev–Trinajstić information content (AvgIpc) is 3.32. The summed E-state index contributed by atoms with van der Waals surface area (Å²) in [6, 6.07) is 13.4. The zero-order valence-corrected chi connectivity index (χ0v) is 18.2. The zero-order chi connectivity index (χ0) is 22.1. The number of hydrogen-bond acceptors (Lipinski definition) is 5. The fourth-order valence-electron chi connectivity index (χ4n) is 3.23. The molecule has 7 nitrogen and oxygen atoms in total. The van der Waals surface area contributed by atoms with Crippen molar-refractivity contribution in [2.45, 2.75) is 20.4 Å². The van der Waals surface area contributed by atoms with E-state index in [0.717, 1.165) is 11.3 Å². The first-order valence-corrected chi connectivity index (χ1v) is 10.1. The Hall–Kier alpha value is -3.29. The van der Waals surface area contributed by atoms with E-state index < -0.39 is 5.91 Å². The molecule has 2 N–H and O–H groups in total. The van der Waals surface area contributed by atoms with E-state index >= 15 is 0 Å². The third-order valence-corrected chi connectivity index (χ3v) is 5.61. The Balaban J connectivity index is 1.56. The lowest BCUT2D eigenvalue weighted by Gasteiger charge is -2.09.